The van der Waals surface area contributed by atoms with Crippen molar-refractivity contribution in [1.29, 1.82) is 0 Å². The number of nitrogens with zero attached hydrogens (tertiary/aromatic N) is 2. The maximum Gasteiger partial charge on any atom is 0.345 e. The fourth-order valence-electron chi connectivity index (χ4n) is 2.99. The molecule has 1 aliphatic rings. The van der Waals surface area contributed by atoms with Crippen molar-refractivity contribution in [2.45, 2.75) is 26.3 Å². The van der Waals surface area contributed by atoms with Gasteiger partial charge in [0.15, 0.2) is 16.4 Å². The van der Waals surface area contributed by atoms with E-state index >= 15 is 0 Å². The van der Waals surface area contributed by atoms with Gasteiger partial charge in [-0.05, 0) is 24.5 Å². The highest BCUT2D eigenvalue weighted by Gasteiger charge is 2.35. The van der Waals surface area contributed by atoms with Crippen LogP contribution in [0.3, 0.4) is 0 Å². The molecule has 1 fully saturated rings. The molecule has 0 aromatic heterocycles. The molecule has 2 rings (SSSR count). The number of esters is 1. The van der Waals surface area contributed by atoms with Crippen molar-refractivity contribution in [3.63, 3.8) is 0 Å². The molecule has 0 radical (unpaired) electrons. The molecule has 9 nitrogen and oxygen atoms in total. The first-order valence-electron chi connectivity index (χ1n) is 8.61. The highest BCUT2D eigenvalue weighted by atomic mass is 35.5. The topological polar surface area (TPSA) is 124 Å². The van der Waals surface area contributed by atoms with Gasteiger partial charge in [-0.3, -0.25) is 14.9 Å². The molecule has 1 amide bonds. The Morgan fingerprint density at radius 3 is 2.61 bits per heavy atom. The van der Waals surface area contributed by atoms with E-state index in [0.29, 0.717) is 13.0 Å². The van der Waals surface area contributed by atoms with Gasteiger partial charge in [0.05, 0.1) is 16.4 Å². The Balaban J connectivity index is 2.11. The number of hydrogen-bond acceptors (Lipinski definition) is 7. The summed E-state index contributed by atoms with van der Waals surface area (Å²) in [6.45, 7) is 3.43. The highest BCUT2D eigenvalue weighted by Crippen LogP contribution is 2.24. The van der Waals surface area contributed by atoms with Gasteiger partial charge in [-0.15, -0.1) is 0 Å². The Morgan fingerprint density at radius 1 is 1.39 bits per heavy atom. The van der Waals surface area contributed by atoms with Gasteiger partial charge in [0.1, 0.15) is 5.56 Å². The van der Waals surface area contributed by atoms with E-state index in [4.69, 9.17) is 16.3 Å². The van der Waals surface area contributed by atoms with Crippen LogP contribution in [0, 0.1) is 16.0 Å². The number of amides is 1. The van der Waals surface area contributed by atoms with E-state index in [2.05, 4.69) is 0 Å². The van der Waals surface area contributed by atoms with Crippen molar-refractivity contribution < 1.29 is 27.7 Å². The molecule has 0 unspecified atom stereocenters. The minimum atomic E-state index is -3.20. The molecule has 1 aromatic rings. The summed E-state index contributed by atoms with van der Waals surface area (Å²) in [6, 6.07) is 2.98. The molecule has 1 heterocycles. The van der Waals surface area contributed by atoms with Gasteiger partial charge in [0.2, 0.25) is 0 Å². The van der Waals surface area contributed by atoms with E-state index in [9.17, 15) is 28.1 Å². The number of benzene rings is 1. The molecule has 0 bridgehead atoms. The van der Waals surface area contributed by atoms with Crippen LogP contribution in [-0.2, 0) is 19.4 Å². The summed E-state index contributed by atoms with van der Waals surface area (Å²) in [4.78, 5) is 36.6. The molecular weight excluding hydrogens is 412 g/mol. The molecule has 154 valence electrons. The molecular formula is C17H21ClN2O7S. The molecule has 1 aliphatic heterocycles. The second-order valence-electron chi connectivity index (χ2n) is 6.99. The minimum Gasteiger partial charge on any atom is -0.452 e. The van der Waals surface area contributed by atoms with Crippen LogP contribution < -0.4 is 0 Å². The number of hydrogen-bond donors (Lipinski definition) is 0. The van der Waals surface area contributed by atoms with Gasteiger partial charge < -0.3 is 9.64 Å². The fraction of sp³-hybridized carbons (Fsp3) is 0.529. The van der Waals surface area contributed by atoms with E-state index in [1.165, 1.54) is 11.0 Å². The van der Waals surface area contributed by atoms with E-state index < -0.39 is 45.0 Å². The molecule has 0 aliphatic carbocycles. The first-order chi connectivity index (χ1) is 13.0. The fourth-order valence-corrected chi connectivity index (χ4v) is 4.89. The highest BCUT2D eigenvalue weighted by molar-refractivity contribution is 7.91. The zero-order valence-corrected chi connectivity index (χ0v) is 17.0. The molecule has 1 atom stereocenters. The standard InChI is InChI=1S/C17H21ClN2O7S/c1-11(2)8-19(13-5-6-28(25,26)10-13)16(21)9-27-17(22)14-7-12(18)3-4-15(14)20(23)24/h3-4,7,11,13H,5-6,8-10H2,1-2H3/t13-/m1/s1. The summed E-state index contributed by atoms with van der Waals surface area (Å²) in [5.74, 6) is -1.63. The number of carbonyl (C=O) groups excluding carboxylic acids is 2. The van der Waals surface area contributed by atoms with Crippen LogP contribution >= 0.6 is 11.6 Å². The average Bonchev–Trinajstić information content (AvgIpc) is 2.96. The minimum absolute atomic E-state index is 0.00797. The van der Waals surface area contributed by atoms with E-state index in [1.807, 2.05) is 13.8 Å². The molecule has 28 heavy (non-hydrogen) atoms. The summed E-state index contributed by atoms with van der Waals surface area (Å²) >= 11 is 5.79. The van der Waals surface area contributed by atoms with Gasteiger partial charge in [0, 0.05) is 23.7 Å². The zero-order chi connectivity index (χ0) is 21.1. The summed E-state index contributed by atoms with van der Waals surface area (Å²) in [5, 5.41) is 11.2. The lowest BCUT2D eigenvalue weighted by Crippen LogP contribution is -2.45. The van der Waals surface area contributed by atoms with Crippen LogP contribution in [0.1, 0.15) is 30.6 Å². The van der Waals surface area contributed by atoms with Gasteiger partial charge in [-0.1, -0.05) is 25.4 Å². The van der Waals surface area contributed by atoms with Crippen LogP contribution in [0.15, 0.2) is 18.2 Å². The third-order valence-corrected chi connectivity index (χ3v) is 6.22. The molecule has 0 saturated carbocycles. The van der Waals surface area contributed by atoms with Crippen LogP contribution in [0.5, 0.6) is 0 Å². The van der Waals surface area contributed by atoms with E-state index in [1.54, 1.807) is 0 Å². The maximum atomic E-state index is 12.6. The largest absolute Gasteiger partial charge is 0.452 e. The number of carbonyl (C=O) groups is 2. The Morgan fingerprint density at radius 2 is 2.07 bits per heavy atom. The van der Waals surface area contributed by atoms with Crippen molar-refractivity contribution in [2.75, 3.05) is 24.7 Å². The van der Waals surface area contributed by atoms with Gasteiger partial charge in [-0.25, -0.2) is 13.2 Å². The number of nitro groups is 1. The van der Waals surface area contributed by atoms with Crippen molar-refractivity contribution in [1.82, 2.24) is 4.90 Å². The summed E-state index contributed by atoms with van der Waals surface area (Å²) in [5.41, 5.74) is -0.841. The smallest absolute Gasteiger partial charge is 0.345 e. The van der Waals surface area contributed by atoms with Crippen molar-refractivity contribution in [3.8, 4) is 0 Å². The number of halogens is 1. The van der Waals surface area contributed by atoms with E-state index in [0.717, 1.165) is 12.1 Å². The Hall–Kier alpha value is -2.20. The Labute approximate surface area is 167 Å². The lowest BCUT2D eigenvalue weighted by molar-refractivity contribution is -0.385. The summed E-state index contributed by atoms with van der Waals surface area (Å²) in [7, 11) is -3.20. The van der Waals surface area contributed by atoms with Gasteiger partial charge in [-0.2, -0.15) is 0 Å². The first kappa shape index (κ1) is 22.1. The molecule has 1 saturated heterocycles. The molecule has 1 aromatic carbocycles. The number of sulfone groups is 1. The van der Waals surface area contributed by atoms with Crippen molar-refractivity contribution >= 4 is 39.0 Å². The summed E-state index contributed by atoms with van der Waals surface area (Å²) < 4.78 is 28.4. The van der Waals surface area contributed by atoms with Crippen LogP contribution in [0.2, 0.25) is 5.02 Å². The van der Waals surface area contributed by atoms with Crippen LogP contribution in [0.4, 0.5) is 5.69 Å². The number of nitro benzene ring substituents is 1. The van der Waals surface area contributed by atoms with Crippen molar-refractivity contribution in [2.24, 2.45) is 5.92 Å². The number of rotatable bonds is 7. The Bertz CT molecular complexity index is 885. The van der Waals surface area contributed by atoms with Crippen LogP contribution in [0.25, 0.3) is 0 Å². The van der Waals surface area contributed by atoms with E-state index in [-0.39, 0.29) is 28.0 Å². The van der Waals surface area contributed by atoms with Gasteiger partial charge in [0.25, 0.3) is 11.6 Å². The monoisotopic (exact) mass is 432 g/mol. The molecule has 0 N–H and O–H groups in total. The lowest BCUT2D eigenvalue weighted by atomic mass is 10.1. The lowest BCUT2D eigenvalue weighted by Gasteiger charge is -2.29. The first-order valence-corrected chi connectivity index (χ1v) is 10.8. The maximum absolute atomic E-state index is 12.6. The predicted octanol–water partition coefficient (Wildman–Crippen LogP) is 2.08. The average molecular weight is 433 g/mol. The second kappa shape index (κ2) is 8.87. The zero-order valence-electron chi connectivity index (χ0n) is 15.5. The predicted molar refractivity (Wildman–Crippen MR) is 102 cm³/mol. The summed E-state index contributed by atoms with van der Waals surface area (Å²) in [6.07, 6.45) is 0.328. The molecule has 11 heteroatoms. The van der Waals surface area contributed by atoms with Crippen molar-refractivity contribution in [3.05, 3.63) is 38.9 Å². The van der Waals surface area contributed by atoms with Gasteiger partial charge >= 0.3 is 5.97 Å². The third-order valence-electron chi connectivity index (χ3n) is 4.23. The Kier molecular flexibility index (Phi) is 7.00. The SMILES string of the molecule is CC(C)CN(C(=O)COC(=O)c1cc(Cl)ccc1[N+](=O)[O-])[C@@H]1CCS(=O)(=O)C1. The number of ether oxygens (including phenoxy) is 1. The third kappa shape index (κ3) is 5.65. The molecule has 0 spiro atoms. The van der Waals surface area contributed by atoms with Crippen LogP contribution in [-0.4, -0.2) is 60.8 Å². The normalized spacial score (nSPS) is 18.1. The quantitative estimate of drug-likeness (QED) is 0.367. The second-order valence-corrected chi connectivity index (χ2v) is 9.66.